The van der Waals surface area contributed by atoms with Crippen molar-refractivity contribution in [1.29, 1.82) is 0 Å². The van der Waals surface area contributed by atoms with Gasteiger partial charge in [-0.1, -0.05) is 115 Å². The van der Waals surface area contributed by atoms with Gasteiger partial charge < -0.3 is 5.32 Å². The number of hydrogen-bond donors (Lipinski definition) is 1. The smallest absolute Gasteiger partial charge is 0.0942 e. The van der Waals surface area contributed by atoms with Gasteiger partial charge in [-0.05, 0) is 83.5 Å². The van der Waals surface area contributed by atoms with Crippen LogP contribution in [0.1, 0.15) is 0 Å². The molecule has 0 fully saturated rings. The fourth-order valence-corrected chi connectivity index (χ4v) is 6.92. The quantitative estimate of drug-likeness (QED) is 0.219. The molecule has 1 heterocycles. The molecule has 8 aromatic rings. The molecule has 1 N–H and O–H groups in total. The molecule has 2 nitrogen and oxygen atoms in total. The van der Waals surface area contributed by atoms with E-state index in [0.29, 0.717) is 0 Å². The van der Waals surface area contributed by atoms with E-state index in [4.69, 9.17) is 4.99 Å². The Bertz CT molecular complexity index is 2380. The van der Waals surface area contributed by atoms with Crippen molar-refractivity contribution in [2.75, 3.05) is 11.9 Å². The minimum Gasteiger partial charge on any atom is -0.378 e. The first kappa shape index (κ1) is 23.3. The number of rotatable bonds is 2. The maximum absolute atomic E-state index is 4.81. The maximum atomic E-state index is 4.81. The lowest BCUT2D eigenvalue weighted by Crippen LogP contribution is -2.07. The summed E-state index contributed by atoms with van der Waals surface area (Å²) in [5.41, 5.74) is 7.01. The molecule has 0 bridgehead atoms. The zero-order valence-electron chi connectivity index (χ0n) is 22.9. The second-order valence-electron chi connectivity index (χ2n) is 11.2. The summed E-state index contributed by atoms with van der Waals surface area (Å²) in [7, 11) is 0. The van der Waals surface area contributed by atoms with Crippen molar-refractivity contribution in [2.45, 2.75) is 0 Å². The van der Waals surface area contributed by atoms with Crippen molar-refractivity contribution in [2.24, 2.45) is 4.99 Å². The van der Waals surface area contributed by atoms with Crippen molar-refractivity contribution in [3.05, 3.63) is 133 Å². The average Bonchev–Trinajstić information content (AvgIpc) is 3.08. The molecule has 9 rings (SSSR count). The van der Waals surface area contributed by atoms with Crippen LogP contribution in [0.2, 0.25) is 0 Å². The van der Waals surface area contributed by atoms with E-state index in [0.717, 1.165) is 17.9 Å². The second-order valence-corrected chi connectivity index (χ2v) is 11.2. The molecule has 0 radical (unpaired) electrons. The van der Waals surface area contributed by atoms with Crippen molar-refractivity contribution in [3.63, 3.8) is 0 Å². The van der Waals surface area contributed by atoms with Gasteiger partial charge >= 0.3 is 0 Å². The molecule has 0 amide bonds. The van der Waals surface area contributed by atoms with Gasteiger partial charge in [-0.25, -0.2) is 0 Å². The van der Waals surface area contributed by atoms with Crippen molar-refractivity contribution in [1.82, 2.24) is 0 Å². The van der Waals surface area contributed by atoms with E-state index in [1.807, 2.05) is 6.21 Å². The topological polar surface area (TPSA) is 24.4 Å². The zero-order valence-corrected chi connectivity index (χ0v) is 22.9. The molecule has 0 atom stereocenters. The summed E-state index contributed by atoms with van der Waals surface area (Å²) < 4.78 is 0. The van der Waals surface area contributed by atoms with Crippen LogP contribution in [0.25, 0.3) is 76.1 Å². The van der Waals surface area contributed by atoms with Crippen LogP contribution in [-0.2, 0) is 0 Å². The Hall–Kier alpha value is -5.47. The highest BCUT2D eigenvalue weighted by molar-refractivity contribution is 6.26. The van der Waals surface area contributed by atoms with Crippen LogP contribution in [0.5, 0.6) is 0 Å². The Labute approximate surface area is 243 Å². The third-order valence-corrected chi connectivity index (χ3v) is 8.86. The molecule has 0 saturated heterocycles. The van der Waals surface area contributed by atoms with Crippen LogP contribution in [0.3, 0.4) is 0 Å². The molecule has 0 unspecified atom stereocenters. The number of nitrogens with zero attached hydrogens (tertiary/aromatic N) is 1. The number of benzene rings is 8. The Morgan fingerprint density at radius 2 is 0.833 bits per heavy atom. The monoisotopic (exact) mass is 534 g/mol. The Morgan fingerprint density at radius 1 is 0.381 bits per heavy atom. The first-order valence-corrected chi connectivity index (χ1v) is 14.5. The summed E-state index contributed by atoms with van der Waals surface area (Å²) in [5, 5.41) is 16.3. The van der Waals surface area contributed by atoms with Gasteiger partial charge in [0.25, 0.3) is 0 Å². The van der Waals surface area contributed by atoms with Gasteiger partial charge in [-0.15, -0.1) is 0 Å². The maximum Gasteiger partial charge on any atom is 0.0942 e. The van der Waals surface area contributed by atoms with E-state index >= 15 is 0 Å². The SMILES string of the molecule is C1=Nc2c(c3cc(-c4cccc(-c5ccc6c7ccccc7c7ccccc7c6c5)c4)ccc3c3ccccc23)NC1. The number of nitrogens with one attached hydrogen (secondary N) is 1. The van der Waals surface area contributed by atoms with E-state index in [1.165, 1.54) is 76.1 Å². The van der Waals surface area contributed by atoms with Crippen molar-refractivity contribution >= 4 is 71.5 Å². The normalized spacial score (nSPS) is 12.8. The second kappa shape index (κ2) is 9.02. The molecule has 1 aliphatic rings. The summed E-state index contributed by atoms with van der Waals surface area (Å²) in [4.78, 5) is 4.81. The molecule has 1 aliphatic heterocycles. The predicted octanol–water partition coefficient (Wildman–Crippen LogP) is 10.9. The zero-order chi connectivity index (χ0) is 27.6. The summed E-state index contributed by atoms with van der Waals surface area (Å²) in [6, 6.07) is 48.8. The third kappa shape index (κ3) is 3.42. The first-order valence-electron chi connectivity index (χ1n) is 14.5. The van der Waals surface area contributed by atoms with Gasteiger partial charge in [-0.3, -0.25) is 4.99 Å². The Morgan fingerprint density at radius 3 is 1.45 bits per heavy atom. The van der Waals surface area contributed by atoms with Crippen LogP contribution >= 0.6 is 0 Å². The molecule has 0 saturated carbocycles. The van der Waals surface area contributed by atoms with Crippen LogP contribution in [-0.4, -0.2) is 12.8 Å². The van der Waals surface area contributed by atoms with Crippen molar-refractivity contribution in [3.8, 4) is 22.3 Å². The van der Waals surface area contributed by atoms with Crippen LogP contribution in [0, 0.1) is 0 Å². The van der Waals surface area contributed by atoms with Gasteiger partial charge in [-0.2, -0.15) is 0 Å². The molecule has 2 heteroatoms. The van der Waals surface area contributed by atoms with Gasteiger partial charge in [0.15, 0.2) is 0 Å². The standard InChI is InChI=1S/C40H26N2/c1-2-12-31-29(10-1)30-11-3-4-14-33(30)37-23-27(16-18-34(31)37)25-8-7-9-26(22-25)28-17-19-35-32-13-5-6-15-36(32)39-40(38(35)24-28)42-21-20-41-39/h1-20,22-24,42H,21H2. The molecule has 8 aromatic carbocycles. The Balaban J connectivity index is 1.22. The summed E-state index contributed by atoms with van der Waals surface area (Å²) >= 11 is 0. The summed E-state index contributed by atoms with van der Waals surface area (Å²) in [6.07, 6.45) is 1.96. The van der Waals surface area contributed by atoms with Gasteiger partial charge in [0.1, 0.15) is 0 Å². The molecule has 0 spiro atoms. The number of hydrogen-bond acceptors (Lipinski definition) is 2. The number of anilines is 1. The largest absolute Gasteiger partial charge is 0.378 e. The third-order valence-electron chi connectivity index (χ3n) is 8.86. The number of aliphatic imine (C=N–C) groups is 1. The molecule has 0 aromatic heterocycles. The summed E-state index contributed by atoms with van der Waals surface area (Å²) in [6.45, 7) is 0.742. The lowest BCUT2D eigenvalue weighted by molar-refractivity contribution is 1.36. The summed E-state index contributed by atoms with van der Waals surface area (Å²) in [5.74, 6) is 0. The molecular weight excluding hydrogens is 508 g/mol. The molecule has 196 valence electrons. The van der Waals surface area contributed by atoms with Crippen LogP contribution in [0.4, 0.5) is 11.4 Å². The predicted molar refractivity (Wildman–Crippen MR) is 181 cm³/mol. The molecule has 0 aliphatic carbocycles. The molecule has 42 heavy (non-hydrogen) atoms. The fourth-order valence-electron chi connectivity index (χ4n) is 6.92. The van der Waals surface area contributed by atoms with Crippen LogP contribution in [0.15, 0.2) is 138 Å². The average molecular weight is 535 g/mol. The van der Waals surface area contributed by atoms with Crippen LogP contribution < -0.4 is 5.32 Å². The highest BCUT2D eigenvalue weighted by Crippen LogP contribution is 2.44. The highest BCUT2D eigenvalue weighted by Gasteiger charge is 2.16. The van der Waals surface area contributed by atoms with E-state index in [2.05, 4.69) is 139 Å². The van der Waals surface area contributed by atoms with E-state index < -0.39 is 0 Å². The van der Waals surface area contributed by atoms with E-state index in [-0.39, 0.29) is 0 Å². The fraction of sp³-hybridized carbons (Fsp3) is 0.0250. The molecular formula is C40H26N2. The lowest BCUT2D eigenvalue weighted by Gasteiger charge is -2.19. The van der Waals surface area contributed by atoms with E-state index in [9.17, 15) is 0 Å². The lowest BCUT2D eigenvalue weighted by atomic mass is 9.91. The first-order chi connectivity index (χ1) is 20.8. The Kier molecular flexibility index (Phi) is 4.99. The number of fused-ring (bicyclic) bond motifs is 12. The van der Waals surface area contributed by atoms with Gasteiger partial charge in [0.2, 0.25) is 0 Å². The highest BCUT2D eigenvalue weighted by atomic mass is 15.0. The van der Waals surface area contributed by atoms with E-state index in [1.54, 1.807) is 0 Å². The minimum atomic E-state index is 0.742. The van der Waals surface area contributed by atoms with Gasteiger partial charge in [0.05, 0.1) is 17.9 Å². The van der Waals surface area contributed by atoms with Crippen molar-refractivity contribution < 1.29 is 0 Å². The van der Waals surface area contributed by atoms with Gasteiger partial charge in [0, 0.05) is 17.0 Å². The minimum absolute atomic E-state index is 0.742.